The Morgan fingerprint density at radius 2 is 1.71 bits per heavy atom. The van der Waals surface area contributed by atoms with E-state index in [9.17, 15) is 4.79 Å². The van der Waals surface area contributed by atoms with E-state index in [-0.39, 0.29) is 11.8 Å². The molecule has 0 aliphatic heterocycles. The van der Waals surface area contributed by atoms with Gasteiger partial charge in [-0.3, -0.25) is 10.1 Å². The van der Waals surface area contributed by atoms with Gasteiger partial charge in [-0.2, -0.15) is 0 Å². The smallest absolute Gasteiger partial charge is 0.222 e. The van der Waals surface area contributed by atoms with Crippen LogP contribution < -0.4 is 10.6 Å². The Bertz CT molecular complexity index is 196. The zero-order valence-corrected chi connectivity index (χ0v) is 11.4. The third-order valence-corrected chi connectivity index (χ3v) is 2.04. The highest BCUT2D eigenvalue weighted by molar-refractivity contribution is 5.77. The monoisotopic (exact) mass is 246 g/mol. The number of carbonyl (C=O) groups is 1. The number of rotatable bonds is 10. The van der Waals surface area contributed by atoms with Crippen molar-refractivity contribution in [1.29, 1.82) is 0 Å². The molecule has 0 aromatic heterocycles. The van der Waals surface area contributed by atoms with Crippen LogP contribution in [-0.4, -0.2) is 45.0 Å². The molecule has 17 heavy (non-hydrogen) atoms. The van der Waals surface area contributed by atoms with Gasteiger partial charge in [-0.05, 0) is 13.8 Å². The molecule has 0 aromatic carbocycles. The molecule has 0 aliphatic carbocycles. The minimum atomic E-state index is 0.0282. The molecular formula is C12H26N2O3. The summed E-state index contributed by atoms with van der Waals surface area (Å²) in [6, 6.07) is 0.433. The van der Waals surface area contributed by atoms with Crippen LogP contribution in [-0.2, 0) is 14.3 Å². The highest BCUT2D eigenvalue weighted by Crippen LogP contribution is 1.89. The summed E-state index contributed by atoms with van der Waals surface area (Å²) in [5.74, 6) is 0.0893. The molecule has 5 heteroatoms. The van der Waals surface area contributed by atoms with Gasteiger partial charge in [0.25, 0.3) is 0 Å². The van der Waals surface area contributed by atoms with Crippen molar-refractivity contribution in [3.05, 3.63) is 0 Å². The molecule has 0 bridgehead atoms. The minimum absolute atomic E-state index is 0.0282. The number of amides is 1. The highest BCUT2D eigenvalue weighted by atomic mass is 16.5. The summed E-state index contributed by atoms with van der Waals surface area (Å²) in [6.45, 7) is 10.6. The molecule has 0 heterocycles. The van der Waals surface area contributed by atoms with E-state index in [0.717, 1.165) is 0 Å². The number of nitrogens with one attached hydrogen (secondary N) is 2. The van der Waals surface area contributed by atoms with Gasteiger partial charge < -0.3 is 14.8 Å². The second-order valence-electron chi connectivity index (χ2n) is 4.47. The van der Waals surface area contributed by atoms with Crippen molar-refractivity contribution in [2.24, 2.45) is 5.92 Å². The van der Waals surface area contributed by atoms with Crippen LogP contribution in [0.4, 0.5) is 0 Å². The summed E-state index contributed by atoms with van der Waals surface area (Å²) in [5, 5.41) is 5.92. The fourth-order valence-electron chi connectivity index (χ4n) is 0.968. The lowest BCUT2D eigenvalue weighted by Crippen LogP contribution is -2.31. The average molecular weight is 246 g/mol. The van der Waals surface area contributed by atoms with Crippen LogP contribution in [0.5, 0.6) is 0 Å². The van der Waals surface area contributed by atoms with E-state index in [2.05, 4.69) is 24.5 Å². The van der Waals surface area contributed by atoms with Crippen LogP contribution in [0.15, 0.2) is 0 Å². The molecule has 0 unspecified atom stereocenters. The van der Waals surface area contributed by atoms with Crippen LogP contribution in [0.25, 0.3) is 0 Å². The largest absolute Gasteiger partial charge is 0.377 e. The van der Waals surface area contributed by atoms with Crippen molar-refractivity contribution in [2.75, 3.05) is 33.1 Å². The van der Waals surface area contributed by atoms with Gasteiger partial charge in [0, 0.05) is 18.5 Å². The molecule has 0 saturated carbocycles. The first-order valence-electron chi connectivity index (χ1n) is 6.20. The predicted molar refractivity (Wildman–Crippen MR) is 67.8 cm³/mol. The summed E-state index contributed by atoms with van der Waals surface area (Å²) >= 11 is 0. The number of ether oxygens (including phenoxy) is 2. The lowest BCUT2D eigenvalue weighted by atomic mass is 10.2. The molecule has 102 valence electrons. The molecular weight excluding hydrogens is 220 g/mol. The maximum atomic E-state index is 11.2. The average Bonchev–Trinajstić information content (AvgIpc) is 2.25. The van der Waals surface area contributed by atoms with Gasteiger partial charge in [0.15, 0.2) is 0 Å². The Labute approximate surface area is 104 Å². The molecule has 0 rings (SSSR count). The molecule has 0 spiro atoms. The topological polar surface area (TPSA) is 59.6 Å². The number of hydrogen-bond acceptors (Lipinski definition) is 4. The zero-order valence-electron chi connectivity index (χ0n) is 11.4. The van der Waals surface area contributed by atoms with E-state index < -0.39 is 0 Å². The van der Waals surface area contributed by atoms with Gasteiger partial charge in [0.05, 0.1) is 26.6 Å². The second-order valence-corrected chi connectivity index (χ2v) is 4.47. The second kappa shape index (κ2) is 10.5. The van der Waals surface area contributed by atoms with Crippen molar-refractivity contribution in [3.8, 4) is 0 Å². The fraction of sp³-hybridized carbons (Fsp3) is 0.917. The van der Waals surface area contributed by atoms with E-state index in [1.54, 1.807) is 0 Å². The van der Waals surface area contributed by atoms with Crippen molar-refractivity contribution in [3.63, 3.8) is 0 Å². The SMILES string of the molecule is CC(C)NCOCCOCCNC(=O)C(C)C. The van der Waals surface area contributed by atoms with Gasteiger partial charge in [-0.15, -0.1) is 0 Å². The van der Waals surface area contributed by atoms with Crippen molar-refractivity contribution in [1.82, 2.24) is 10.6 Å². The van der Waals surface area contributed by atoms with Gasteiger partial charge in [0.2, 0.25) is 5.91 Å². The first-order chi connectivity index (χ1) is 8.04. The fourth-order valence-corrected chi connectivity index (χ4v) is 0.968. The quantitative estimate of drug-likeness (QED) is 0.441. The minimum Gasteiger partial charge on any atom is -0.377 e. The summed E-state index contributed by atoms with van der Waals surface area (Å²) in [7, 11) is 0. The van der Waals surface area contributed by atoms with Crippen molar-refractivity contribution in [2.45, 2.75) is 33.7 Å². The van der Waals surface area contributed by atoms with Crippen LogP contribution in [0, 0.1) is 5.92 Å². The first kappa shape index (κ1) is 16.4. The van der Waals surface area contributed by atoms with Gasteiger partial charge >= 0.3 is 0 Å². The number of hydrogen-bond donors (Lipinski definition) is 2. The Balaban J connectivity index is 3.11. The lowest BCUT2D eigenvalue weighted by Gasteiger charge is -2.10. The molecule has 0 saturated heterocycles. The Kier molecular flexibility index (Phi) is 10.1. The number of carbonyl (C=O) groups excluding carboxylic acids is 1. The summed E-state index contributed by atoms with van der Waals surface area (Å²) < 4.78 is 10.6. The standard InChI is InChI=1S/C12H26N2O3/c1-10(2)12(15)13-5-6-16-7-8-17-9-14-11(3)4/h10-11,14H,5-9H2,1-4H3,(H,13,15). The highest BCUT2D eigenvalue weighted by Gasteiger charge is 2.04. The maximum Gasteiger partial charge on any atom is 0.222 e. The molecule has 0 aromatic rings. The molecule has 2 N–H and O–H groups in total. The van der Waals surface area contributed by atoms with Gasteiger partial charge in [-0.25, -0.2) is 0 Å². The van der Waals surface area contributed by atoms with Crippen molar-refractivity contribution < 1.29 is 14.3 Å². The molecule has 1 amide bonds. The van der Waals surface area contributed by atoms with E-state index >= 15 is 0 Å². The third kappa shape index (κ3) is 11.6. The van der Waals surface area contributed by atoms with E-state index in [1.807, 2.05) is 13.8 Å². The van der Waals surface area contributed by atoms with Crippen LogP contribution in [0.2, 0.25) is 0 Å². The van der Waals surface area contributed by atoms with E-state index in [1.165, 1.54) is 0 Å². The third-order valence-electron chi connectivity index (χ3n) is 2.04. The van der Waals surface area contributed by atoms with E-state index in [4.69, 9.17) is 9.47 Å². The Hall–Kier alpha value is -0.650. The molecule has 5 nitrogen and oxygen atoms in total. The maximum absolute atomic E-state index is 11.2. The molecule has 0 aliphatic rings. The van der Waals surface area contributed by atoms with E-state index in [0.29, 0.717) is 39.1 Å². The lowest BCUT2D eigenvalue weighted by molar-refractivity contribution is -0.124. The predicted octanol–water partition coefficient (Wildman–Crippen LogP) is 0.747. The Morgan fingerprint density at radius 1 is 1.06 bits per heavy atom. The zero-order chi connectivity index (χ0) is 13.1. The Morgan fingerprint density at radius 3 is 2.29 bits per heavy atom. The van der Waals surface area contributed by atoms with Gasteiger partial charge in [0.1, 0.15) is 0 Å². The normalized spacial score (nSPS) is 11.2. The van der Waals surface area contributed by atoms with Crippen LogP contribution in [0.3, 0.4) is 0 Å². The summed E-state index contributed by atoms with van der Waals surface area (Å²) in [4.78, 5) is 11.2. The summed E-state index contributed by atoms with van der Waals surface area (Å²) in [6.07, 6.45) is 0. The summed E-state index contributed by atoms with van der Waals surface area (Å²) in [5.41, 5.74) is 0. The first-order valence-corrected chi connectivity index (χ1v) is 6.20. The molecule has 0 atom stereocenters. The van der Waals surface area contributed by atoms with Crippen LogP contribution in [0.1, 0.15) is 27.7 Å². The van der Waals surface area contributed by atoms with Crippen LogP contribution >= 0.6 is 0 Å². The van der Waals surface area contributed by atoms with Gasteiger partial charge in [-0.1, -0.05) is 13.8 Å². The molecule has 0 fully saturated rings. The van der Waals surface area contributed by atoms with Crippen molar-refractivity contribution >= 4 is 5.91 Å². The molecule has 0 radical (unpaired) electrons.